The van der Waals surface area contributed by atoms with E-state index in [0.29, 0.717) is 5.56 Å². The van der Waals surface area contributed by atoms with E-state index in [4.69, 9.17) is 5.11 Å². The second-order valence-electron chi connectivity index (χ2n) is 8.95. The predicted molar refractivity (Wildman–Crippen MR) is 136 cm³/mol. The lowest BCUT2D eigenvalue weighted by atomic mass is 9.96. The normalized spacial score (nSPS) is 16.6. The van der Waals surface area contributed by atoms with Gasteiger partial charge in [0.2, 0.25) is 15.9 Å². The van der Waals surface area contributed by atoms with Gasteiger partial charge in [-0.2, -0.15) is 4.31 Å². The number of hydrogen-bond donors (Lipinski definition) is 1. The van der Waals surface area contributed by atoms with Crippen LogP contribution in [0.5, 0.6) is 0 Å². The molecule has 1 N–H and O–H groups in total. The third-order valence-electron chi connectivity index (χ3n) is 6.52. The van der Waals surface area contributed by atoms with Gasteiger partial charge in [-0.15, -0.1) is 0 Å². The summed E-state index contributed by atoms with van der Waals surface area (Å²) in [6, 6.07) is 15.8. The highest BCUT2D eigenvalue weighted by Crippen LogP contribution is 2.34. The lowest BCUT2D eigenvalue weighted by molar-refractivity contribution is -0.141. The van der Waals surface area contributed by atoms with E-state index < -0.39 is 22.0 Å². The summed E-state index contributed by atoms with van der Waals surface area (Å²) in [6.45, 7) is 4.18. The lowest BCUT2D eigenvalue weighted by Gasteiger charge is -2.41. The number of aromatic nitrogens is 1. The molecule has 0 radical (unpaired) electrons. The molecule has 1 aromatic heterocycles. The fraction of sp³-hybridized carbons (Fsp3) is 0.296. The van der Waals surface area contributed by atoms with Gasteiger partial charge in [0.15, 0.2) is 0 Å². The fourth-order valence-corrected chi connectivity index (χ4v) is 6.43. The highest BCUT2D eigenvalue weighted by Gasteiger charge is 2.39. The van der Waals surface area contributed by atoms with Crippen molar-refractivity contribution in [3.8, 4) is 11.1 Å². The van der Waals surface area contributed by atoms with Crippen LogP contribution in [-0.4, -0.2) is 59.2 Å². The number of nitrogens with zero attached hydrogens (tertiary/aromatic N) is 3. The van der Waals surface area contributed by atoms with Gasteiger partial charge < -0.3 is 10.0 Å². The third kappa shape index (κ3) is 5.32. The maximum Gasteiger partial charge on any atom is 0.303 e. The molecule has 1 aliphatic heterocycles. The first kappa shape index (κ1) is 25.5. The van der Waals surface area contributed by atoms with Crippen LogP contribution >= 0.6 is 0 Å². The van der Waals surface area contributed by atoms with Gasteiger partial charge in [-0.25, -0.2) is 8.42 Å². The Balaban J connectivity index is 1.74. The van der Waals surface area contributed by atoms with E-state index in [0.717, 1.165) is 22.3 Å². The first-order valence-corrected chi connectivity index (χ1v) is 13.2. The molecule has 4 rings (SSSR count). The van der Waals surface area contributed by atoms with Crippen molar-refractivity contribution in [2.45, 2.75) is 37.6 Å². The number of carbonyl (C=O) groups excluding carboxylic acids is 1. The molecule has 2 heterocycles. The first-order chi connectivity index (χ1) is 17.2. The van der Waals surface area contributed by atoms with E-state index in [1.807, 2.05) is 37.3 Å². The van der Waals surface area contributed by atoms with E-state index in [9.17, 15) is 18.0 Å². The van der Waals surface area contributed by atoms with Gasteiger partial charge in [-0.3, -0.25) is 14.6 Å². The summed E-state index contributed by atoms with van der Waals surface area (Å²) in [5.41, 5.74) is 4.32. The van der Waals surface area contributed by atoms with Crippen molar-refractivity contribution < 1.29 is 23.1 Å². The van der Waals surface area contributed by atoms with Gasteiger partial charge in [-0.1, -0.05) is 36.4 Å². The standard InChI is InChI=1S/C27H29N3O5S/c1-19-6-3-4-9-25(19)36(34,35)30-15-14-29(26(31)10-11-27(32)33)18-24(30)22-8-5-7-21(16-22)23-12-13-28-17-20(23)2/h3-9,12-13,16-17,24H,10-11,14-15,18H2,1-2H3,(H,32,33). The average molecular weight is 508 g/mol. The summed E-state index contributed by atoms with van der Waals surface area (Å²) in [5.74, 6) is -1.34. The van der Waals surface area contributed by atoms with Gasteiger partial charge >= 0.3 is 5.97 Å². The van der Waals surface area contributed by atoms with Crippen molar-refractivity contribution in [1.29, 1.82) is 0 Å². The number of hydrogen-bond acceptors (Lipinski definition) is 5. The molecular formula is C27H29N3O5S. The number of piperazine rings is 1. The summed E-state index contributed by atoms with van der Waals surface area (Å²) < 4.78 is 29.1. The molecular weight excluding hydrogens is 478 g/mol. The van der Waals surface area contributed by atoms with Gasteiger partial charge in [0.1, 0.15) is 0 Å². The van der Waals surface area contributed by atoms with E-state index in [1.54, 1.807) is 48.5 Å². The Morgan fingerprint density at radius 1 is 1.00 bits per heavy atom. The second kappa shape index (κ2) is 10.6. The maximum absolute atomic E-state index is 13.8. The second-order valence-corrected chi connectivity index (χ2v) is 10.8. The first-order valence-electron chi connectivity index (χ1n) is 11.8. The number of aryl methyl sites for hydroxylation is 2. The summed E-state index contributed by atoms with van der Waals surface area (Å²) in [4.78, 5) is 29.7. The Kier molecular flexibility index (Phi) is 7.51. The number of aliphatic carboxylic acids is 1. The van der Waals surface area contributed by atoms with Crippen molar-refractivity contribution in [3.63, 3.8) is 0 Å². The monoisotopic (exact) mass is 507 g/mol. The number of carbonyl (C=O) groups is 2. The van der Waals surface area contributed by atoms with Crippen LogP contribution < -0.4 is 0 Å². The van der Waals surface area contributed by atoms with Crippen molar-refractivity contribution in [2.75, 3.05) is 19.6 Å². The molecule has 1 atom stereocenters. The number of carboxylic acids is 1. The fourth-order valence-electron chi connectivity index (χ4n) is 4.61. The zero-order valence-electron chi connectivity index (χ0n) is 20.3. The average Bonchev–Trinajstić information content (AvgIpc) is 2.87. The number of amides is 1. The van der Waals surface area contributed by atoms with E-state index in [2.05, 4.69) is 4.98 Å². The lowest BCUT2D eigenvalue weighted by Crippen LogP contribution is -2.52. The molecule has 1 saturated heterocycles. The quantitative estimate of drug-likeness (QED) is 0.521. The molecule has 1 amide bonds. The van der Waals surface area contributed by atoms with Gasteiger partial charge in [-0.05, 0) is 59.9 Å². The van der Waals surface area contributed by atoms with Crippen LogP contribution in [0.2, 0.25) is 0 Å². The molecule has 1 aliphatic rings. The zero-order chi connectivity index (χ0) is 25.9. The SMILES string of the molecule is Cc1cnccc1-c1cccc(C2CN(C(=O)CCC(=O)O)CCN2S(=O)(=O)c2ccccc2C)c1. The molecule has 0 spiro atoms. The molecule has 1 unspecified atom stereocenters. The highest BCUT2D eigenvalue weighted by molar-refractivity contribution is 7.89. The van der Waals surface area contributed by atoms with Crippen molar-refractivity contribution in [3.05, 3.63) is 83.7 Å². The van der Waals surface area contributed by atoms with Crippen LogP contribution in [0.15, 0.2) is 71.9 Å². The third-order valence-corrected chi connectivity index (χ3v) is 8.59. The van der Waals surface area contributed by atoms with Gasteiger partial charge in [0.25, 0.3) is 0 Å². The van der Waals surface area contributed by atoms with Crippen molar-refractivity contribution in [2.24, 2.45) is 0 Å². The molecule has 36 heavy (non-hydrogen) atoms. The minimum absolute atomic E-state index is 0.110. The Hall–Kier alpha value is -3.56. The predicted octanol–water partition coefficient (Wildman–Crippen LogP) is 3.80. The van der Waals surface area contributed by atoms with Gasteiger partial charge in [0.05, 0.1) is 17.4 Å². The number of benzene rings is 2. The van der Waals surface area contributed by atoms with Gasteiger partial charge in [0, 0.05) is 38.4 Å². The zero-order valence-corrected chi connectivity index (χ0v) is 21.1. The topological polar surface area (TPSA) is 108 Å². The highest BCUT2D eigenvalue weighted by atomic mass is 32.2. The molecule has 0 bridgehead atoms. The molecule has 9 heteroatoms. The summed E-state index contributed by atoms with van der Waals surface area (Å²) in [6.07, 6.45) is 3.11. The van der Waals surface area contributed by atoms with E-state index in [1.165, 1.54) is 4.31 Å². The van der Waals surface area contributed by atoms with Crippen LogP contribution in [-0.2, 0) is 19.6 Å². The molecule has 0 saturated carbocycles. The Morgan fingerprint density at radius 3 is 2.50 bits per heavy atom. The van der Waals surface area contributed by atoms with Crippen LogP contribution in [0.4, 0.5) is 0 Å². The Bertz CT molecular complexity index is 1390. The minimum atomic E-state index is -3.86. The van der Waals surface area contributed by atoms with Crippen molar-refractivity contribution >= 4 is 21.9 Å². The molecule has 3 aromatic rings. The van der Waals surface area contributed by atoms with E-state index >= 15 is 0 Å². The Labute approximate surface area is 211 Å². The summed E-state index contributed by atoms with van der Waals surface area (Å²) in [5, 5.41) is 8.99. The molecule has 8 nitrogen and oxygen atoms in total. The minimum Gasteiger partial charge on any atom is -0.481 e. The number of sulfonamides is 1. The molecule has 1 fully saturated rings. The number of pyridine rings is 1. The van der Waals surface area contributed by atoms with Crippen LogP contribution in [0.3, 0.4) is 0 Å². The molecule has 0 aliphatic carbocycles. The van der Waals surface area contributed by atoms with E-state index in [-0.39, 0.29) is 43.3 Å². The van der Waals surface area contributed by atoms with Crippen LogP contribution in [0.1, 0.15) is 35.6 Å². The van der Waals surface area contributed by atoms with Crippen molar-refractivity contribution in [1.82, 2.24) is 14.2 Å². The molecule has 188 valence electrons. The van der Waals surface area contributed by atoms with Crippen LogP contribution in [0, 0.1) is 13.8 Å². The Morgan fingerprint density at radius 2 is 1.78 bits per heavy atom. The number of rotatable bonds is 7. The largest absolute Gasteiger partial charge is 0.481 e. The molecule has 2 aromatic carbocycles. The van der Waals surface area contributed by atoms with Crippen LogP contribution in [0.25, 0.3) is 11.1 Å². The smallest absolute Gasteiger partial charge is 0.303 e. The maximum atomic E-state index is 13.8. The number of carboxylic acid groups (broad SMARTS) is 1. The summed E-state index contributed by atoms with van der Waals surface area (Å²) in [7, 11) is -3.86. The summed E-state index contributed by atoms with van der Waals surface area (Å²) >= 11 is 0.